The highest BCUT2D eigenvalue weighted by Crippen LogP contribution is 2.27. The molecule has 35 heavy (non-hydrogen) atoms. The molecule has 8 heteroatoms. The van der Waals surface area contributed by atoms with Crippen LogP contribution in [0.4, 0.5) is 4.79 Å². The highest BCUT2D eigenvalue weighted by Gasteiger charge is 2.37. The van der Waals surface area contributed by atoms with Crippen LogP contribution in [0.25, 0.3) is 0 Å². The minimum Gasteiger partial charge on any atom is -0.347 e. The van der Waals surface area contributed by atoms with Gasteiger partial charge >= 0.3 is 6.03 Å². The van der Waals surface area contributed by atoms with Crippen LogP contribution in [0, 0.1) is 12.8 Å². The number of Topliss-reactive ketones (excluding diaryl/α,β-unsaturated/α-hetero) is 1. The van der Waals surface area contributed by atoms with E-state index in [2.05, 4.69) is 35.0 Å². The molecule has 3 N–H and O–H groups in total. The third kappa shape index (κ3) is 10.2. The molecule has 0 aliphatic heterocycles. The van der Waals surface area contributed by atoms with E-state index < -0.39 is 23.8 Å². The Kier molecular flexibility index (Phi) is 12.5. The van der Waals surface area contributed by atoms with Crippen molar-refractivity contribution in [2.75, 3.05) is 20.1 Å². The lowest BCUT2D eigenvalue weighted by atomic mass is 9.82. The third-order valence-corrected chi connectivity index (χ3v) is 6.37. The van der Waals surface area contributed by atoms with E-state index in [4.69, 9.17) is 0 Å². The van der Waals surface area contributed by atoms with E-state index in [1.807, 2.05) is 25.1 Å². The summed E-state index contributed by atoms with van der Waals surface area (Å²) in [5.74, 6) is -1.63. The Morgan fingerprint density at radius 2 is 1.66 bits per heavy atom. The summed E-state index contributed by atoms with van der Waals surface area (Å²) in [4.78, 5) is 51.5. The fourth-order valence-corrected chi connectivity index (χ4v) is 4.14. The van der Waals surface area contributed by atoms with E-state index in [1.54, 1.807) is 7.05 Å². The van der Waals surface area contributed by atoms with E-state index in [1.165, 1.54) is 5.56 Å². The molecule has 0 radical (unpaired) electrons. The monoisotopic (exact) mass is 486 g/mol. The number of imide groups is 1. The van der Waals surface area contributed by atoms with E-state index in [-0.39, 0.29) is 24.4 Å². The molecule has 194 valence electrons. The molecule has 0 spiro atoms. The Hall–Kier alpha value is -2.74. The fourth-order valence-electron chi connectivity index (χ4n) is 4.14. The first-order valence-corrected chi connectivity index (χ1v) is 13.0. The second-order valence-electron chi connectivity index (χ2n) is 9.52. The molecule has 0 saturated heterocycles. The van der Waals surface area contributed by atoms with Crippen LogP contribution in [0.1, 0.15) is 70.3 Å². The Morgan fingerprint density at radius 1 is 1.00 bits per heavy atom. The summed E-state index contributed by atoms with van der Waals surface area (Å²) in [5.41, 5.74) is 1.32. The second-order valence-corrected chi connectivity index (χ2v) is 9.52. The van der Waals surface area contributed by atoms with Crippen molar-refractivity contribution in [1.82, 2.24) is 20.9 Å². The van der Waals surface area contributed by atoms with Gasteiger partial charge in [0.15, 0.2) is 0 Å². The molecule has 2 saturated carbocycles. The molecule has 2 aliphatic rings. The summed E-state index contributed by atoms with van der Waals surface area (Å²) in [5, 5.41) is 8.22. The van der Waals surface area contributed by atoms with Crippen molar-refractivity contribution >= 4 is 23.6 Å². The van der Waals surface area contributed by atoms with Crippen LogP contribution in [0.2, 0.25) is 0 Å². The molecule has 4 amide bonds. The maximum absolute atomic E-state index is 12.9. The zero-order chi connectivity index (χ0) is 25.6. The largest absolute Gasteiger partial charge is 0.347 e. The average molecular weight is 487 g/mol. The molecular formula is C27H42N4O4. The number of nitrogens with one attached hydrogen (secondary N) is 3. The number of nitrogens with zero attached hydrogens (tertiary/aromatic N) is 1. The van der Waals surface area contributed by atoms with Crippen molar-refractivity contribution in [2.24, 2.45) is 5.92 Å². The topological polar surface area (TPSA) is 108 Å². The molecule has 0 aromatic heterocycles. The number of rotatable bonds is 10. The molecule has 1 aromatic rings. The zero-order valence-corrected chi connectivity index (χ0v) is 21.5. The first kappa shape index (κ1) is 28.5. The second kappa shape index (κ2) is 15.3. The van der Waals surface area contributed by atoms with Crippen LogP contribution in [0.3, 0.4) is 0 Å². The first-order chi connectivity index (χ1) is 16.9. The number of urea groups is 1. The number of benzene rings is 1. The van der Waals surface area contributed by atoms with Gasteiger partial charge in [-0.1, -0.05) is 68.5 Å². The van der Waals surface area contributed by atoms with Crippen LogP contribution in [-0.2, 0) is 14.4 Å². The first-order valence-electron chi connectivity index (χ1n) is 13.0. The number of hydrogen-bond donors (Lipinski definition) is 3. The number of hydrogen-bond acceptors (Lipinski definition) is 5. The summed E-state index contributed by atoms with van der Waals surface area (Å²) in [6.45, 7) is 4.40. The number of aryl methyl sites for hydroxylation is 1. The van der Waals surface area contributed by atoms with Crippen LogP contribution < -0.4 is 16.0 Å². The van der Waals surface area contributed by atoms with Gasteiger partial charge in [-0.3, -0.25) is 19.3 Å². The van der Waals surface area contributed by atoms with E-state index in [0.29, 0.717) is 13.0 Å². The fraction of sp³-hybridized carbons (Fsp3) is 0.630. The van der Waals surface area contributed by atoms with Gasteiger partial charge in [0.1, 0.15) is 6.04 Å². The molecule has 0 bridgehead atoms. The molecule has 1 aromatic carbocycles. The van der Waals surface area contributed by atoms with Crippen molar-refractivity contribution in [3.05, 3.63) is 35.9 Å². The molecule has 8 nitrogen and oxygen atoms in total. The SMILES string of the molecule is CCCCN(C(=O)CNC)C(=O)NC(C(=O)C(=O)NC1CC1)C1CCCCC1.Cc1ccccc1. The van der Waals surface area contributed by atoms with Crippen molar-refractivity contribution in [1.29, 1.82) is 0 Å². The smallest absolute Gasteiger partial charge is 0.324 e. The van der Waals surface area contributed by atoms with Gasteiger partial charge in [0.05, 0.1) is 6.54 Å². The predicted octanol–water partition coefficient (Wildman–Crippen LogP) is 3.34. The van der Waals surface area contributed by atoms with Gasteiger partial charge < -0.3 is 16.0 Å². The van der Waals surface area contributed by atoms with Crippen molar-refractivity contribution in [3.63, 3.8) is 0 Å². The lowest BCUT2D eigenvalue weighted by Crippen LogP contribution is -2.56. The van der Waals surface area contributed by atoms with Gasteiger partial charge in [-0.05, 0) is 52.0 Å². The number of amides is 4. The van der Waals surface area contributed by atoms with Gasteiger partial charge in [-0.15, -0.1) is 0 Å². The van der Waals surface area contributed by atoms with Gasteiger partial charge in [-0.2, -0.15) is 0 Å². The third-order valence-electron chi connectivity index (χ3n) is 6.37. The summed E-state index contributed by atoms with van der Waals surface area (Å²) in [6.07, 6.45) is 7.96. The quantitative estimate of drug-likeness (QED) is 0.440. The molecule has 3 rings (SSSR count). The van der Waals surface area contributed by atoms with E-state index in [0.717, 1.165) is 56.3 Å². The van der Waals surface area contributed by atoms with Crippen LogP contribution >= 0.6 is 0 Å². The normalized spacial score (nSPS) is 16.3. The van der Waals surface area contributed by atoms with Crippen molar-refractivity contribution < 1.29 is 19.2 Å². The minimum absolute atomic E-state index is 0.0430. The highest BCUT2D eigenvalue weighted by molar-refractivity contribution is 6.38. The Labute approximate surface area is 209 Å². The van der Waals surface area contributed by atoms with Gasteiger partial charge in [0.2, 0.25) is 11.7 Å². The Balaban J connectivity index is 0.000000527. The predicted molar refractivity (Wildman–Crippen MR) is 137 cm³/mol. The average Bonchev–Trinajstić information content (AvgIpc) is 3.68. The molecule has 1 unspecified atom stereocenters. The number of carbonyl (C=O) groups is 4. The summed E-state index contributed by atoms with van der Waals surface area (Å²) >= 11 is 0. The maximum atomic E-state index is 12.9. The van der Waals surface area contributed by atoms with Gasteiger partial charge in [-0.25, -0.2) is 4.79 Å². The molecule has 0 heterocycles. The molecular weight excluding hydrogens is 444 g/mol. The van der Waals surface area contributed by atoms with Crippen molar-refractivity contribution in [2.45, 2.75) is 83.7 Å². The summed E-state index contributed by atoms with van der Waals surface area (Å²) in [6, 6.07) is 8.88. The van der Waals surface area contributed by atoms with E-state index >= 15 is 0 Å². The zero-order valence-electron chi connectivity index (χ0n) is 21.5. The Bertz CT molecular complexity index is 820. The number of likely N-dealkylation sites (N-methyl/N-ethyl adjacent to an activating group) is 1. The van der Waals surface area contributed by atoms with E-state index in [9.17, 15) is 19.2 Å². The van der Waals surface area contributed by atoms with Crippen LogP contribution in [-0.4, -0.2) is 60.7 Å². The number of ketones is 1. The Morgan fingerprint density at radius 3 is 2.17 bits per heavy atom. The molecule has 2 fully saturated rings. The summed E-state index contributed by atoms with van der Waals surface area (Å²) < 4.78 is 0. The maximum Gasteiger partial charge on any atom is 0.324 e. The minimum atomic E-state index is -0.877. The lowest BCUT2D eigenvalue weighted by Gasteiger charge is -2.31. The molecule has 2 aliphatic carbocycles. The lowest BCUT2D eigenvalue weighted by molar-refractivity contribution is -0.140. The number of unbranched alkanes of at least 4 members (excludes halogenated alkanes) is 1. The standard InChI is InChI=1S/C20H34N4O4.C7H8/c1-3-4-12-24(16(25)13-21-2)20(28)23-17(14-8-6-5-7-9-14)18(26)19(27)22-15-10-11-15;1-7-5-3-2-4-6-7/h14-15,17,21H,3-13H2,1-2H3,(H,22,27)(H,23,28);2-6H,1H3. The van der Waals surface area contributed by atoms with Crippen molar-refractivity contribution in [3.8, 4) is 0 Å². The molecule has 1 atom stereocenters. The highest BCUT2D eigenvalue weighted by atomic mass is 16.2. The van der Waals surface area contributed by atoms with Crippen LogP contribution in [0.5, 0.6) is 0 Å². The van der Waals surface area contributed by atoms with Gasteiger partial charge in [0.25, 0.3) is 5.91 Å². The number of carbonyl (C=O) groups excluding carboxylic acids is 4. The summed E-state index contributed by atoms with van der Waals surface area (Å²) in [7, 11) is 1.64. The van der Waals surface area contributed by atoms with Gasteiger partial charge in [0, 0.05) is 12.6 Å². The van der Waals surface area contributed by atoms with Crippen LogP contribution in [0.15, 0.2) is 30.3 Å².